The monoisotopic (exact) mass is 620 g/mol. The number of rotatable bonds is 6. The molecular weight excluding hydrogens is 583 g/mol. The summed E-state index contributed by atoms with van der Waals surface area (Å²) < 4.78 is 22.2. The SMILES string of the molecule is Cc1ccc(-n2nc(C(C)(C)C)cc2NC(=O)Nc2cnc(OC3CCN(C(=O)c4ccccc4F)CC3)c3ccccc23)cc1. The van der Waals surface area contributed by atoms with E-state index in [4.69, 9.17) is 9.84 Å². The van der Waals surface area contributed by atoms with Gasteiger partial charge in [-0.25, -0.2) is 18.9 Å². The second kappa shape index (κ2) is 12.6. The Labute approximate surface area is 267 Å². The molecule has 1 fully saturated rings. The number of nitrogens with one attached hydrogen (secondary N) is 2. The maximum Gasteiger partial charge on any atom is 0.324 e. The molecule has 0 radical (unpaired) electrons. The molecule has 6 rings (SSSR count). The number of carbonyl (C=O) groups excluding carboxylic acids is 2. The summed E-state index contributed by atoms with van der Waals surface area (Å²) >= 11 is 0. The molecule has 3 heterocycles. The van der Waals surface area contributed by atoms with Gasteiger partial charge in [0.1, 0.15) is 17.7 Å². The smallest absolute Gasteiger partial charge is 0.324 e. The number of carbonyl (C=O) groups is 2. The van der Waals surface area contributed by atoms with Gasteiger partial charge in [0.15, 0.2) is 0 Å². The van der Waals surface area contributed by atoms with Crippen molar-refractivity contribution in [3.8, 4) is 11.6 Å². The molecule has 0 bridgehead atoms. The summed E-state index contributed by atoms with van der Waals surface area (Å²) in [5.74, 6) is 0.164. The molecule has 10 heteroatoms. The number of aromatic nitrogens is 3. The molecule has 2 N–H and O–H groups in total. The van der Waals surface area contributed by atoms with Crippen molar-refractivity contribution in [2.75, 3.05) is 23.7 Å². The number of likely N-dealkylation sites (tertiary alicyclic amines) is 1. The van der Waals surface area contributed by atoms with Crippen LogP contribution < -0.4 is 15.4 Å². The zero-order chi connectivity index (χ0) is 32.4. The summed E-state index contributed by atoms with van der Waals surface area (Å²) in [6, 6.07) is 23.1. The minimum absolute atomic E-state index is 0.0795. The molecule has 2 aromatic heterocycles. The van der Waals surface area contributed by atoms with E-state index in [2.05, 4.69) is 36.4 Å². The molecule has 9 nitrogen and oxygen atoms in total. The largest absolute Gasteiger partial charge is 0.474 e. The maximum absolute atomic E-state index is 14.2. The Morgan fingerprint density at radius 1 is 0.913 bits per heavy atom. The highest BCUT2D eigenvalue weighted by Crippen LogP contribution is 2.32. The van der Waals surface area contributed by atoms with Gasteiger partial charge in [-0.2, -0.15) is 5.10 Å². The fourth-order valence-electron chi connectivity index (χ4n) is 5.49. The molecule has 0 saturated carbocycles. The fraction of sp³-hybridized carbons (Fsp3) is 0.278. The Morgan fingerprint density at radius 3 is 2.28 bits per heavy atom. The van der Waals surface area contributed by atoms with E-state index >= 15 is 0 Å². The van der Waals surface area contributed by atoms with Gasteiger partial charge in [-0.05, 0) is 37.3 Å². The number of aryl methyl sites for hydroxylation is 1. The van der Waals surface area contributed by atoms with Crippen LogP contribution in [-0.4, -0.2) is 50.8 Å². The first-order chi connectivity index (χ1) is 22.1. The van der Waals surface area contributed by atoms with Crippen LogP contribution >= 0.6 is 0 Å². The average molecular weight is 621 g/mol. The van der Waals surface area contributed by atoms with Crippen molar-refractivity contribution >= 4 is 34.2 Å². The highest BCUT2D eigenvalue weighted by Gasteiger charge is 2.27. The van der Waals surface area contributed by atoms with E-state index in [1.54, 1.807) is 27.9 Å². The Kier molecular flexibility index (Phi) is 8.44. The molecule has 0 spiro atoms. The second-order valence-corrected chi connectivity index (χ2v) is 12.6. The Morgan fingerprint density at radius 2 is 1.59 bits per heavy atom. The van der Waals surface area contributed by atoms with Crippen LogP contribution in [-0.2, 0) is 5.41 Å². The fourth-order valence-corrected chi connectivity index (χ4v) is 5.49. The van der Waals surface area contributed by atoms with Crippen molar-refractivity contribution in [3.63, 3.8) is 0 Å². The first-order valence-corrected chi connectivity index (χ1v) is 15.4. The lowest BCUT2D eigenvalue weighted by Crippen LogP contribution is -2.42. The van der Waals surface area contributed by atoms with E-state index in [1.807, 2.05) is 61.5 Å². The molecule has 46 heavy (non-hydrogen) atoms. The summed E-state index contributed by atoms with van der Waals surface area (Å²) in [4.78, 5) is 32.4. The third-order valence-electron chi connectivity index (χ3n) is 8.12. The van der Waals surface area contributed by atoms with Crippen LogP contribution in [0, 0.1) is 12.7 Å². The normalized spacial score (nSPS) is 13.9. The lowest BCUT2D eigenvalue weighted by atomic mass is 9.92. The van der Waals surface area contributed by atoms with E-state index in [0.717, 1.165) is 27.7 Å². The highest BCUT2D eigenvalue weighted by molar-refractivity contribution is 6.06. The van der Waals surface area contributed by atoms with Gasteiger partial charge < -0.3 is 15.0 Å². The van der Waals surface area contributed by atoms with E-state index in [9.17, 15) is 14.0 Å². The van der Waals surface area contributed by atoms with Crippen molar-refractivity contribution in [1.29, 1.82) is 0 Å². The van der Waals surface area contributed by atoms with Gasteiger partial charge in [0.05, 0.1) is 28.8 Å². The number of hydrogen-bond acceptors (Lipinski definition) is 5. The first-order valence-electron chi connectivity index (χ1n) is 15.4. The quantitative estimate of drug-likeness (QED) is 0.205. The first kappa shape index (κ1) is 30.8. The van der Waals surface area contributed by atoms with Crippen molar-refractivity contribution in [2.24, 2.45) is 0 Å². The predicted molar refractivity (Wildman–Crippen MR) is 177 cm³/mol. The van der Waals surface area contributed by atoms with Crippen molar-refractivity contribution in [1.82, 2.24) is 19.7 Å². The third-order valence-corrected chi connectivity index (χ3v) is 8.12. The van der Waals surface area contributed by atoms with Crippen molar-refractivity contribution in [3.05, 3.63) is 108 Å². The van der Waals surface area contributed by atoms with Gasteiger partial charge >= 0.3 is 6.03 Å². The number of anilines is 2. The summed E-state index contributed by atoms with van der Waals surface area (Å²) in [7, 11) is 0. The Bertz CT molecular complexity index is 1890. The summed E-state index contributed by atoms with van der Waals surface area (Å²) in [6.45, 7) is 9.16. The van der Waals surface area contributed by atoms with Crippen LogP contribution in [0.5, 0.6) is 5.88 Å². The van der Waals surface area contributed by atoms with E-state index in [1.165, 1.54) is 12.1 Å². The van der Waals surface area contributed by atoms with E-state index < -0.39 is 11.8 Å². The Hall–Kier alpha value is -5.25. The number of amides is 3. The lowest BCUT2D eigenvalue weighted by molar-refractivity contribution is 0.0586. The number of pyridine rings is 1. The van der Waals surface area contributed by atoms with Crippen LogP contribution in [0.25, 0.3) is 16.5 Å². The second-order valence-electron chi connectivity index (χ2n) is 12.6. The number of urea groups is 1. The van der Waals surface area contributed by atoms with Crippen LogP contribution in [0.15, 0.2) is 85.1 Å². The minimum Gasteiger partial charge on any atom is -0.474 e. The number of nitrogens with zero attached hydrogens (tertiary/aromatic N) is 4. The highest BCUT2D eigenvalue weighted by atomic mass is 19.1. The van der Waals surface area contributed by atoms with Gasteiger partial charge in [-0.3, -0.25) is 10.1 Å². The van der Waals surface area contributed by atoms with Gasteiger partial charge in [0.2, 0.25) is 5.88 Å². The van der Waals surface area contributed by atoms with Crippen molar-refractivity contribution < 1.29 is 18.7 Å². The molecule has 1 aliphatic rings. The Balaban J connectivity index is 1.16. The molecule has 1 aliphatic heterocycles. The topological polar surface area (TPSA) is 101 Å². The van der Waals surface area contributed by atoms with Gasteiger partial charge in [-0.15, -0.1) is 0 Å². The predicted octanol–water partition coefficient (Wildman–Crippen LogP) is 7.49. The standard InChI is InChI=1S/C36H37FN6O3/c1-23-13-15-24(16-14-23)43-32(21-31(41-43)36(2,3)4)40-35(45)39-30-22-38-33(27-10-6-5-9-26(27)30)46-25-17-19-42(20-18-25)34(44)28-11-7-8-12-29(28)37/h5-16,21-22,25H,17-20H2,1-4H3,(H2,39,40,45). The number of piperidine rings is 1. The molecule has 3 amide bonds. The number of benzene rings is 3. The molecule has 236 valence electrons. The molecule has 5 aromatic rings. The van der Waals surface area contributed by atoms with Crippen LogP contribution in [0.1, 0.15) is 55.2 Å². The summed E-state index contributed by atoms with van der Waals surface area (Å²) in [5, 5.41) is 12.3. The third kappa shape index (κ3) is 6.56. The molecular formula is C36H37FN6O3. The molecule has 0 atom stereocenters. The zero-order valence-electron chi connectivity index (χ0n) is 26.4. The van der Waals surface area contributed by atoms with Gasteiger partial charge in [0.25, 0.3) is 5.91 Å². The molecule has 0 unspecified atom stereocenters. The van der Waals surface area contributed by atoms with Crippen LogP contribution in [0.4, 0.5) is 20.7 Å². The van der Waals surface area contributed by atoms with Crippen LogP contribution in [0.3, 0.4) is 0 Å². The minimum atomic E-state index is -0.518. The molecule has 0 aliphatic carbocycles. The van der Waals surface area contributed by atoms with E-state index in [0.29, 0.717) is 43.3 Å². The van der Waals surface area contributed by atoms with Gasteiger partial charge in [0, 0.05) is 48.2 Å². The van der Waals surface area contributed by atoms with Crippen molar-refractivity contribution in [2.45, 2.75) is 52.1 Å². The van der Waals surface area contributed by atoms with E-state index in [-0.39, 0.29) is 23.0 Å². The summed E-state index contributed by atoms with van der Waals surface area (Å²) in [6.07, 6.45) is 2.60. The molecule has 1 saturated heterocycles. The lowest BCUT2D eigenvalue weighted by Gasteiger charge is -2.32. The number of fused-ring (bicyclic) bond motifs is 1. The average Bonchev–Trinajstić information content (AvgIpc) is 3.47. The van der Waals surface area contributed by atoms with Gasteiger partial charge in [-0.1, -0.05) is 68.8 Å². The molecule has 3 aromatic carbocycles. The number of hydrogen-bond donors (Lipinski definition) is 2. The van der Waals surface area contributed by atoms with Crippen LogP contribution in [0.2, 0.25) is 0 Å². The maximum atomic E-state index is 14.2. The summed E-state index contributed by atoms with van der Waals surface area (Å²) in [5.41, 5.74) is 3.21. The zero-order valence-corrected chi connectivity index (χ0v) is 26.4. The number of halogens is 1. The number of ether oxygens (including phenoxy) is 1.